The van der Waals surface area contributed by atoms with Crippen molar-refractivity contribution in [1.29, 1.82) is 0 Å². The molecule has 3 rings (SSSR count). The fourth-order valence-corrected chi connectivity index (χ4v) is 3.52. The minimum atomic E-state index is -0.162. The van der Waals surface area contributed by atoms with Crippen LogP contribution in [0.25, 0.3) is 0 Å². The third-order valence-corrected chi connectivity index (χ3v) is 5.20. The first-order chi connectivity index (χ1) is 11.7. The topological polar surface area (TPSA) is 44.7 Å². The number of carbonyl (C=O) groups is 1. The summed E-state index contributed by atoms with van der Waals surface area (Å²) < 4.78 is 0. The molecule has 2 aromatic rings. The van der Waals surface area contributed by atoms with Crippen molar-refractivity contribution in [2.45, 2.75) is 32.6 Å². The molecule has 1 aromatic heterocycles. The molecular formula is C19H23N3OS. The summed E-state index contributed by atoms with van der Waals surface area (Å²) in [5.74, 6) is -0.162. The Morgan fingerprint density at radius 1 is 1.08 bits per heavy atom. The van der Waals surface area contributed by atoms with Crippen LogP contribution in [-0.4, -0.2) is 24.7 Å². The van der Waals surface area contributed by atoms with Crippen molar-refractivity contribution < 1.29 is 4.79 Å². The zero-order valence-corrected chi connectivity index (χ0v) is 14.8. The van der Waals surface area contributed by atoms with Gasteiger partial charge in [0, 0.05) is 18.8 Å². The van der Waals surface area contributed by atoms with Crippen LogP contribution < -0.4 is 10.3 Å². The molecule has 0 aliphatic carbocycles. The predicted molar refractivity (Wildman–Crippen MR) is 101 cm³/mol. The van der Waals surface area contributed by atoms with Crippen molar-refractivity contribution in [2.24, 2.45) is 5.10 Å². The predicted octanol–water partition coefficient (Wildman–Crippen LogP) is 4.28. The van der Waals surface area contributed by atoms with Gasteiger partial charge in [-0.2, -0.15) is 5.10 Å². The lowest BCUT2D eigenvalue weighted by Gasteiger charge is -2.22. The summed E-state index contributed by atoms with van der Waals surface area (Å²) in [5, 5.41) is 6.10. The first-order valence-corrected chi connectivity index (χ1v) is 9.35. The number of benzene rings is 1. The Kier molecular flexibility index (Phi) is 5.64. The molecule has 0 spiro atoms. The van der Waals surface area contributed by atoms with Crippen LogP contribution >= 0.6 is 11.3 Å². The molecule has 0 unspecified atom stereocenters. The summed E-state index contributed by atoms with van der Waals surface area (Å²) in [7, 11) is 0. The zero-order chi connectivity index (χ0) is 16.8. The highest BCUT2D eigenvalue weighted by Gasteiger charge is 2.10. The number of carbonyl (C=O) groups excluding carboxylic acids is 1. The van der Waals surface area contributed by atoms with E-state index in [-0.39, 0.29) is 5.91 Å². The van der Waals surface area contributed by atoms with Crippen molar-refractivity contribution >= 4 is 28.6 Å². The van der Waals surface area contributed by atoms with Crippen LogP contribution in [0, 0.1) is 0 Å². The normalized spacial score (nSPS) is 15.9. The van der Waals surface area contributed by atoms with Crippen molar-refractivity contribution in [3.8, 4) is 0 Å². The maximum atomic E-state index is 11.9. The van der Waals surface area contributed by atoms with Gasteiger partial charge in [-0.3, -0.25) is 4.79 Å². The molecule has 126 valence electrons. The van der Waals surface area contributed by atoms with E-state index in [1.54, 1.807) is 6.07 Å². The lowest BCUT2D eigenvalue weighted by molar-refractivity contribution is 0.0959. The Morgan fingerprint density at radius 3 is 2.42 bits per heavy atom. The summed E-state index contributed by atoms with van der Waals surface area (Å²) in [6, 6.07) is 12.1. The number of hydrogen-bond acceptors (Lipinski definition) is 4. The molecule has 0 saturated carbocycles. The Morgan fingerprint density at radius 2 is 1.79 bits per heavy atom. The van der Waals surface area contributed by atoms with E-state index in [9.17, 15) is 4.79 Å². The summed E-state index contributed by atoms with van der Waals surface area (Å²) >= 11 is 1.41. The van der Waals surface area contributed by atoms with Crippen molar-refractivity contribution in [2.75, 3.05) is 18.0 Å². The number of hydrazone groups is 1. The van der Waals surface area contributed by atoms with Gasteiger partial charge < -0.3 is 4.90 Å². The maximum Gasteiger partial charge on any atom is 0.281 e. The molecule has 4 nitrogen and oxygen atoms in total. The largest absolute Gasteiger partial charge is 0.372 e. The monoisotopic (exact) mass is 341 g/mol. The van der Waals surface area contributed by atoms with E-state index in [0.717, 1.165) is 24.4 Å². The molecule has 0 radical (unpaired) electrons. The Bertz CT molecular complexity index is 684. The minimum absolute atomic E-state index is 0.162. The van der Waals surface area contributed by atoms with E-state index >= 15 is 0 Å². The molecule has 1 aliphatic rings. The lowest BCUT2D eigenvalue weighted by Crippen LogP contribution is -2.23. The summed E-state index contributed by atoms with van der Waals surface area (Å²) in [6.45, 7) is 4.20. The summed E-state index contributed by atoms with van der Waals surface area (Å²) in [4.78, 5) is 15.0. The average molecular weight is 341 g/mol. The maximum absolute atomic E-state index is 11.9. The minimum Gasteiger partial charge on any atom is -0.372 e. The SMILES string of the molecule is C/C(=N/NC(=O)c1cccs1)c1ccc(N2CCCCCC2)cc1. The standard InChI is InChI=1S/C19H23N3OS/c1-15(20-21-19(23)18-7-6-14-24-18)16-8-10-17(11-9-16)22-12-4-2-3-5-13-22/h6-11,14H,2-5,12-13H2,1H3,(H,21,23)/b20-15-. The van der Waals surface area contributed by atoms with Gasteiger partial charge in [0.15, 0.2) is 0 Å². The Hall–Kier alpha value is -2.14. The van der Waals surface area contributed by atoms with Gasteiger partial charge in [-0.15, -0.1) is 11.3 Å². The van der Waals surface area contributed by atoms with E-state index in [2.05, 4.69) is 39.7 Å². The molecule has 1 aromatic carbocycles. The molecule has 1 N–H and O–H groups in total. The van der Waals surface area contributed by atoms with Crippen LogP contribution in [0.5, 0.6) is 0 Å². The molecule has 1 fully saturated rings. The smallest absolute Gasteiger partial charge is 0.281 e. The van der Waals surface area contributed by atoms with Crippen molar-refractivity contribution in [1.82, 2.24) is 5.43 Å². The van der Waals surface area contributed by atoms with Crippen molar-refractivity contribution in [3.05, 3.63) is 52.2 Å². The number of thiophene rings is 1. The van der Waals surface area contributed by atoms with Crippen LogP contribution in [0.15, 0.2) is 46.9 Å². The van der Waals surface area contributed by atoms with Crippen molar-refractivity contribution in [3.63, 3.8) is 0 Å². The van der Waals surface area contributed by atoms with E-state index in [1.165, 1.54) is 42.7 Å². The summed E-state index contributed by atoms with van der Waals surface area (Å²) in [5.41, 5.74) is 5.73. The van der Waals surface area contributed by atoms with E-state index in [1.807, 2.05) is 18.4 Å². The van der Waals surface area contributed by atoms with Crippen LogP contribution in [0.4, 0.5) is 5.69 Å². The molecule has 1 amide bonds. The molecule has 2 heterocycles. The first-order valence-electron chi connectivity index (χ1n) is 8.47. The number of amides is 1. The second-order valence-corrected chi connectivity index (χ2v) is 7.01. The molecule has 0 atom stereocenters. The van der Waals surface area contributed by atoms with Crippen LogP contribution in [0.1, 0.15) is 47.8 Å². The number of hydrogen-bond donors (Lipinski definition) is 1. The first kappa shape index (κ1) is 16.7. The van der Waals surface area contributed by atoms with Gasteiger partial charge >= 0.3 is 0 Å². The summed E-state index contributed by atoms with van der Waals surface area (Å²) in [6.07, 6.45) is 5.22. The van der Waals surface area contributed by atoms with E-state index < -0.39 is 0 Å². The number of anilines is 1. The molecule has 0 bridgehead atoms. The van der Waals surface area contributed by atoms with Crippen LogP contribution in [0.3, 0.4) is 0 Å². The van der Waals surface area contributed by atoms with Gasteiger partial charge in [-0.25, -0.2) is 5.43 Å². The molecule has 1 aliphatic heterocycles. The van der Waals surface area contributed by atoms with Crippen LogP contribution in [0.2, 0.25) is 0 Å². The fraction of sp³-hybridized carbons (Fsp3) is 0.368. The fourth-order valence-electron chi connectivity index (χ4n) is 2.90. The highest BCUT2D eigenvalue weighted by atomic mass is 32.1. The van der Waals surface area contributed by atoms with Gasteiger partial charge in [0.05, 0.1) is 10.6 Å². The zero-order valence-electron chi connectivity index (χ0n) is 14.0. The van der Waals surface area contributed by atoms with Gasteiger partial charge in [-0.1, -0.05) is 31.0 Å². The molecule has 24 heavy (non-hydrogen) atoms. The highest BCUT2D eigenvalue weighted by molar-refractivity contribution is 7.12. The van der Waals surface area contributed by atoms with Gasteiger partial charge in [0.2, 0.25) is 0 Å². The Labute approximate surface area is 147 Å². The number of nitrogens with one attached hydrogen (secondary N) is 1. The van der Waals surface area contributed by atoms with Crippen LogP contribution in [-0.2, 0) is 0 Å². The van der Waals surface area contributed by atoms with Gasteiger partial charge in [0.25, 0.3) is 5.91 Å². The molecule has 1 saturated heterocycles. The van der Waals surface area contributed by atoms with Gasteiger partial charge in [-0.05, 0) is 48.9 Å². The highest BCUT2D eigenvalue weighted by Crippen LogP contribution is 2.20. The second-order valence-electron chi connectivity index (χ2n) is 6.06. The third-order valence-electron chi connectivity index (χ3n) is 4.33. The average Bonchev–Trinajstić information content (AvgIpc) is 3.02. The lowest BCUT2D eigenvalue weighted by atomic mass is 10.1. The number of nitrogens with zero attached hydrogens (tertiary/aromatic N) is 2. The molecule has 5 heteroatoms. The molecular weight excluding hydrogens is 318 g/mol. The number of rotatable bonds is 4. The third kappa shape index (κ3) is 4.23. The second kappa shape index (κ2) is 8.11. The quantitative estimate of drug-likeness (QED) is 0.666. The van der Waals surface area contributed by atoms with E-state index in [4.69, 9.17) is 0 Å². The van der Waals surface area contributed by atoms with Gasteiger partial charge in [0.1, 0.15) is 0 Å². The Balaban J connectivity index is 1.63. The van der Waals surface area contributed by atoms with E-state index in [0.29, 0.717) is 4.88 Å².